The van der Waals surface area contributed by atoms with Crippen LogP contribution in [0.15, 0.2) is 224 Å². The quantitative estimate of drug-likeness (QED) is 0.162. The summed E-state index contributed by atoms with van der Waals surface area (Å²) in [6.07, 6.45) is 0. The second kappa shape index (κ2) is 14.7. The van der Waals surface area contributed by atoms with Gasteiger partial charge in [0.2, 0.25) is 0 Å². The maximum absolute atomic E-state index is 5.41. The van der Waals surface area contributed by atoms with Gasteiger partial charge < -0.3 is 4.57 Å². The van der Waals surface area contributed by atoms with Gasteiger partial charge in [0.15, 0.2) is 5.82 Å². The minimum atomic E-state index is 0.680. The van der Waals surface area contributed by atoms with Crippen LogP contribution in [0.3, 0.4) is 0 Å². The van der Waals surface area contributed by atoms with E-state index in [1.165, 1.54) is 21.8 Å². The number of para-hydroxylation sites is 2. The van der Waals surface area contributed by atoms with Crippen LogP contribution in [0.5, 0.6) is 0 Å². The van der Waals surface area contributed by atoms with Crippen molar-refractivity contribution in [1.82, 2.24) is 24.1 Å². The monoisotopic (exact) mass is 791 g/mol. The van der Waals surface area contributed by atoms with Crippen molar-refractivity contribution in [3.05, 3.63) is 224 Å². The Bertz CT molecular complexity index is 3550. The summed E-state index contributed by atoms with van der Waals surface area (Å²) in [5, 5.41) is 10.2. The summed E-state index contributed by atoms with van der Waals surface area (Å²) in [7, 11) is 0. The van der Waals surface area contributed by atoms with E-state index in [1.54, 1.807) is 0 Å². The van der Waals surface area contributed by atoms with Crippen LogP contribution >= 0.6 is 0 Å². The van der Waals surface area contributed by atoms with E-state index in [4.69, 9.17) is 15.1 Å². The average Bonchev–Trinajstić information content (AvgIpc) is 3.92. The third-order valence-electron chi connectivity index (χ3n) is 11.9. The first-order valence-electron chi connectivity index (χ1n) is 20.9. The largest absolute Gasteiger partial charge is 0.309 e. The van der Waals surface area contributed by atoms with E-state index >= 15 is 0 Å². The van der Waals surface area contributed by atoms with Gasteiger partial charge in [0.1, 0.15) is 5.69 Å². The van der Waals surface area contributed by atoms with Gasteiger partial charge in [0, 0.05) is 55.2 Å². The molecule has 4 aromatic heterocycles. The van der Waals surface area contributed by atoms with E-state index in [9.17, 15) is 0 Å². The summed E-state index contributed by atoms with van der Waals surface area (Å²) >= 11 is 0. The smallest absolute Gasteiger partial charge is 0.160 e. The van der Waals surface area contributed by atoms with Crippen LogP contribution in [-0.2, 0) is 0 Å². The molecule has 12 aromatic rings. The lowest BCUT2D eigenvalue weighted by Gasteiger charge is -2.13. The van der Waals surface area contributed by atoms with Gasteiger partial charge in [-0.05, 0) is 47.3 Å². The zero-order chi connectivity index (χ0) is 41.0. The summed E-state index contributed by atoms with van der Waals surface area (Å²) in [6.45, 7) is 0. The zero-order valence-corrected chi connectivity index (χ0v) is 33.6. The highest BCUT2D eigenvalue weighted by atomic mass is 15.2. The number of rotatable bonds is 7. The van der Waals surface area contributed by atoms with Gasteiger partial charge in [-0.25, -0.2) is 14.5 Å². The Morgan fingerprint density at radius 1 is 0.355 bits per heavy atom. The minimum absolute atomic E-state index is 0.680. The molecule has 8 aromatic carbocycles. The first kappa shape index (κ1) is 35.5. The van der Waals surface area contributed by atoms with Gasteiger partial charge in [-0.2, -0.15) is 5.10 Å². The molecule has 290 valence electrons. The third kappa shape index (κ3) is 5.98. The summed E-state index contributed by atoms with van der Waals surface area (Å²) in [5.74, 6) is 0.680. The van der Waals surface area contributed by atoms with Crippen LogP contribution in [0.1, 0.15) is 0 Å². The number of nitrogens with zero attached hydrogens (tertiary/aromatic N) is 5. The summed E-state index contributed by atoms with van der Waals surface area (Å²) < 4.78 is 4.49. The molecule has 5 heteroatoms. The van der Waals surface area contributed by atoms with Crippen molar-refractivity contribution in [3.8, 4) is 73.2 Å². The van der Waals surface area contributed by atoms with Gasteiger partial charge in [0.05, 0.1) is 33.6 Å². The fourth-order valence-electron chi connectivity index (χ4n) is 9.05. The molecular weight excluding hydrogens is 755 g/mol. The van der Waals surface area contributed by atoms with E-state index in [1.807, 2.05) is 18.2 Å². The molecule has 0 amide bonds. The summed E-state index contributed by atoms with van der Waals surface area (Å²) in [4.78, 5) is 10.4. The molecule has 0 unspecified atom stereocenters. The highest BCUT2D eigenvalue weighted by molar-refractivity contribution is 6.10. The fraction of sp³-hybridized carbons (Fsp3) is 0. The van der Waals surface area contributed by atoms with Crippen molar-refractivity contribution >= 4 is 38.1 Å². The molecule has 0 aliphatic heterocycles. The van der Waals surface area contributed by atoms with E-state index in [0.29, 0.717) is 5.82 Å². The molecule has 0 atom stereocenters. The first-order chi connectivity index (χ1) is 30.7. The molecule has 0 aliphatic rings. The third-order valence-corrected chi connectivity index (χ3v) is 11.9. The van der Waals surface area contributed by atoms with E-state index in [0.717, 1.165) is 83.7 Å². The molecule has 0 saturated carbocycles. The Morgan fingerprint density at radius 2 is 0.887 bits per heavy atom. The number of benzene rings is 8. The number of hydrogen-bond acceptors (Lipinski definition) is 3. The van der Waals surface area contributed by atoms with Crippen LogP contribution in [-0.4, -0.2) is 24.1 Å². The molecule has 5 nitrogen and oxygen atoms in total. The summed E-state index contributed by atoms with van der Waals surface area (Å²) in [5.41, 5.74) is 15.6. The Morgan fingerprint density at radius 3 is 1.56 bits per heavy atom. The normalized spacial score (nSPS) is 11.5. The second-order valence-electron chi connectivity index (χ2n) is 15.7. The van der Waals surface area contributed by atoms with Crippen LogP contribution in [0.4, 0.5) is 0 Å². The van der Waals surface area contributed by atoms with Crippen LogP contribution < -0.4 is 0 Å². The second-order valence-corrected chi connectivity index (χ2v) is 15.7. The Balaban J connectivity index is 1.00. The lowest BCUT2D eigenvalue weighted by atomic mass is 9.97. The van der Waals surface area contributed by atoms with Crippen LogP contribution in [0.25, 0.3) is 111 Å². The van der Waals surface area contributed by atoms with Gasteiger partial charge in [-0.1, -0.05) is 188 Å². The van der Waals surface area contributed by atoms with Crippen molar-refractivity contribution in [3.63, 3.8) is 0 Å². The number of hydrogen-bond donors (Lipinski definition) is 0. The maximum Gasteiger partial charge on any atom is 0.160 e. The molecule has 12 rings (SSSR count). The van der Waals surface area contributed by atoms with Crippen molar-refractivity contribution < 1.29 is 0 Å². The van der Waals surface area contributed by atoms with Gasteiger partial charge in [-0.3, -0.25) is 0 Å². The van der Waals surface area contributed by atoms with Crippen LogP contribution in [0, 0.1) is 0 Å². The minimum Gasteiger partial charge on any atom is -0.309 e. The van der Waals surface area contributed by atoms with Gasteiger partial charge in [-0.15, -0.1) is 0 Å². The lowest BCUT2D eigenvalue weighted by Crippen LogP contribution is -1.98. The molecule has 0 radical (unpaired) electrons. The molecule has 0 fully saturated rings. The standard InChI is InChI=1S/C57H37N5/c1-4-17-40(18-5-1)54-55(41-19-6-2-7-20-41)60-62-53(36-43-23-10-11-26-46(43)56(54)62)39-33-31-38(32-34-39)49-37-50(59-57(58-49)42-21-8-3-9-22-42)44-24-16-25-45(35-44)61-51-29-14-12-27-47(51)48-28-13-15-30-52(48)61/h1-37H. The van der Waals surface area contributed by atoms with Crippen molar-refractivity contribution in [2.75, 3.05) is 0 Å². The molecule has 0 N–H and O–H groups in total. The molecule has 0 aliphatic carbocycles. The fourth-order valence-corrected chi connectivity index (χ4v) is 9.05. The predicted octanol–water partition coefficient (Wildman–Crippen LogP) is 14.4. The molecule has 0 bridgehead atoms. The summed E-state index contributed by atoms with van der Waals surface area (Å²) in [6, 6.07) is 79.0. The SMILES string of the molecule is c1ccc(-c2nc(-c3ccc(-c4cc5ccccc5c5c(-c6ccccc6)c(-c6ccccc6)nn45)cc3)cc(-c3cccc(-n4c5ccccc5c5ccccc54)c3)n2)cc1. The number of fused-ring (bicyclic) bond motifs is 6. The predicted molar refractivity (Wildman–Crippen MR) is 255 cm³/mol. The number of pyridine rings is 1. The molecule has 0 saturated heterocycles. The molecule has 0 spiro atoms. The highest BCUT2D eigenvalue weighted by Gasteiger charge is 2.22. The highest BCUT2D eigenvalue weighted by Crippen LogP contribution is 2.41. The topological polar surface area (TPSA) is 48.0 Å². The van der Waals surface area contributed by atoms with Gasteiger partial charge in [0.25, 0.3) is 0 Å². The Kier molecular flexibility index (Phi) is 8.42. The first-order valence-corrected chi connectivity index (χ1v) is 20.9. The van der Waals surface area contributed by atoms with Crippen LogP contribution in [0.2, 0.25) is 0 Å². The van der Waals surface area contributed by atoms with E-state index in [2.05, 4.69) is 215 Å². The Labute approximate surface area is 358 Å². The average molecular weight is 792 g/mol. The van der Waals surface area contributed by atoms with Crippen molar-refractivity contribution in [1.29, 1.82) is 0 Å². The van der Waals surface area contributed by atoms with Gasteiger partial charge >= 0.3 is 0 Å². The van der Waals surface area contributed by atoms with E-state index in [-0.39, 0.29) is 0 Å². The molecule has 4 heterocycles. The lowest BCUT2D eigenvalue weighted by molar-refractivity contribution is 0.979. The zero-order valence-electron chi connectivity index (χ0n) is 33.6. The van der Waals surface area contributed by atoms with E-state index < -0.39 is 0 Å². The maximum atomic E-state index is 5.41. The molecular formula is C57H37N5. The Hall–Kier alpha value is -8.41. The van der Waals surface area contributed by atoms with Crippen molar-refractivity contribution in [2.45, 2.75) is 0 Å². The number of aromatic nitrogens is 5. The van der Waals surface area contributed by atoms with Crippen molar-refractivity contribution in [2.24, 2.45) is 0 Å². The molecule has 62 heavy (non-hydrogen) atoms.